The topological polar surface area (TPSA) is 45.5 Å². The van der Waals surface area contributed by atoms with Gasteiger partial charge >= 0.3 is 0 Å². The minimum Gasteiger partial charge on any atom is -0.309 e. The molecule has 6 nitrogen and oxygen atoms in total. The van der Waals surface area contributed by atoms with Crippen LogP contribution in [0.5, 0.6) is 0 Å². The lowest BCUT2D eigenvalue weighted by Gasteiger charge is -2.17. The van der Waals surface area contributed by atoms with Crippen LogP contribution >= 0.6 is 0 Å². The Kier molecular flexibility index (Phi) is 7.30. The van der Waals surface area contributed by atoms with Crippen LogP contribution in [0, 0.1) is 0 Å². The second-order valence-corrected chi connectivity index (χ2v) is 16.6. The maximum Gasteiger partial charge on any atom is 0.166 e. The summed E-state index contributed by atoms with van der Waals surface area (Å²) in [5.74, 6) is 2.24. The van der Waals surface area contributed by atoms with Gasteiger partial charge in [0.1, 0.15) is 11.6 Å². The van der Waals surface area contributed by atoms with Crippen molar-refractivity contribution in [2.24, 2.45) is 0 Å². The zero-order valence-electron chi connectivity index (χ0n) is 34.5. The molecule has 14 aromatic rings. The molecule has 0 N–H and O–H groups in total. The summed E-state index contributed by atoms with van der Waals surface area (Å²) in [5, 5.41) is 9.59. The van der Waals surface area contributed by atoms with Gasteiger partial charge in [-0.1, -0.05) is 140 Å². The molecule has 9 aromatic carbocycles. The Morgan fingerprint density at radius 1 is 0.250 bits per heavy atom. The van der Waals surface area contributed by atoms with Gasteiger partial charge in [0, 0.05) is 60.4 Å². The zero-order valence-corrected chi connectivity index (χ0v) is 34.5. The largest absolute Gasteiger partial charge is 0.309 e. The van der Waals surface area contributed by atoms with Crippen LogP contribution in [-0.2, 0) is 0 Å². The Morgan fingerprint density at radius 3 is 1.02 bits per heavy atom. The standard InChI is InChI=1S/C58H36N6/c1-9-25-47-38(17-1)39-18-2-10-26-48(39)61(47)37-33-34-55-46(35-37)44-23-7-11-27-49(44)62(55)54-32-16-8-24-45(54)58-59-56(63-50-28-12-3-19-40(50)41-20-4-13-29-51(41)63)36-57(60-58)64-52-30-14-5-21-42(52)43-22-6-15-31-53(43)64/h1-36H. The summed E-state index contributed by atoms with van der Waals surface area (Å²) in [7, 11) is 0. The Labute approximate surface area is 366 Å². The maximum atomic E-state index is 5.57. The van der Waals surface area contributed by atoms with Gasteiger partial charge in [0.2, 0.25) is 0 Å². The third-order valence-corrected chi connectivity index (χ3v) is 13.2. The van der Waals surface area contributed by atoms with Crippen molar-refractivity contribution in [2.45, 2.75) is 0 Å². The summed E-state index contributed by atoms with van der Waals surface area (Å²) in [6, 6.07) is 78.3. The second kappa shape index (κ2) is 13.4. The molecule has 5 aromatic heterocycles. The molecule has 6 heteroatoms. The molecule has 0 amide bonds. The number of rotatable bonds is 5. The highest BCUT2D eigenvalue weighted by Crippen LogP contribution is 2.40. The third-order valence-electron chi connectivity index (χ3n) is 13.2. The summed E-state index contributed by atoms with van der Waals surface area (Å²) in [6.07, 6.45) is 0. The quantitative estimate of drug-likeness (QED) is 0.174. The summed E-state index contributed by atoms with van der Waals surface area (Å²) in [5.41, 5.74) is 12.0. The Bertz CT molecular complexity index is 3920. The summed E-state index contributed by atoms with van der Waals surface area (Å²) >= 11 is 0. The van der Waals surface area contributed by atoms with Gasteiger partial charge in [-0.15, -0.1) is 0 Å². The van der Waals surface area contributed by atoms with E-state index < -0.39 is 0 Å². The highest BCUT2D eigenvalue weighted by atomic mass is 15.1. The zero-order chi connectivity index (χ0) is 41.9. The molecule has 0 bridgehead atoms. The van der Waals surface area contributed by atoms with E-state index in [9.17, 15) is 0 Å². The van der Waals surface area contributed by atoms with Gasteiger partial charge in [-0.2, -0.15) is 0 Å². The van der Waals surface area contributed by atoms with Crippen molar-refractivity contribution in [1.82, 2.24) is 28.2 Å². The number of nitrogens with zero attached hydrogens (tertiary/aromatic N) is 6. The third kappa shape index (κ3) is 4.90. The van der Waals surface area contributed by atoms with Crippen molar-refractivity contribution in [1.29, 1.82) is 0 Å². The predicted molar refractivity (Wildman–Crippen MR) is 265 cm³/mol. The fraction of sp³-hybridized carbons (Fsp3) is 0. The van der Waals surface area contributed by atoms with Gasteiger partial charge in [0.05, 0.1) is 49.8 Å². The van der Waals surface area contributed by atoms with Crippen LogP contribution < -0.4 is 0 Å². The number of para-hydroxylation sites is 8. The van der Waals surface area contributed by atoms with E-state index in [0.717, 1.165) is 61.7 Å². The van der Waals surface area contributed by atoms with Gasteiger partial charge in [-0.3, -0.25) is 9.13 Å². The monoisotopic (exact) mass is 816 g/mol. The van der Waals surface area contributed by atoms with Crippen molar-refractivity contribution >= 4 is 87.2 Å². The first kappa shape index (κ1) is 34.9. The molecular formula is C58H36N6. The number of benzene rings is 9. The minimum absolute atomic E-state index is 0.639. The van der Waals surface area contributed by atoms with E-state index in [0.29, 0.717) is 5.82 Å². The molecule has 0 aliphatic heterocycles. The molecule has 0 unspecified atom stereocenters. The molecule has 64 heavy (non-hydrogen) atoms. The Balaban J connectivity index is 1.05. The van der Waals surface area contributed by atoms with Crippen LogP contribution in [0.2, 0.25) is 0 Å². The van der Waals surface area contributed by atoms with E-state index in [1.54, 1.807) is 0 Å². The summed E-state index contributed by atoms with van der Waals surface area (Å²) < 4.78 is 9.39. The van der Waals surface area contributed by atoms with Crippen LogP contribution in [0.3, 0.4) is 0 Å². The molecule has 5 heterocycles. The minimum atomic E-state index is 0.639. The molecule has 0 saturated carbocycles. The van der Waals surface area contributed by atoms with E-state index in [-0.39, 0.29) is 0 Å². The lowest BCUT2D eigenvalue weighted by atomic mass is 10.1. The average Bonchev–Trinajstić information content (AvgIpc) is 4.09. The van der Waals surface area contributed by atoms with Gasteiger partial charge in [-0.25, -0.2) is 9.97 Å². The molecule has 0 atom stereocenters. The van der Waals surface area contributed by atoms with E-state index in [4.69, 9.17) is 9.97 Å². The van der Waals surface area contributed by atoms with Gasteiger partial charge in [0.25, 0.3) is 0 Å². The van der Waals surface area contributed by atoms with Gasteiger partial charge < -0.3 is 9.13 Å². The SMILES string of the molecule is c1ccc(-n2c3ccccc3c3cc(-n4c5ccccc5c5ccccc54)ccc32)c(-c2nc(-n3c4ccccc4c4ccccc43)cc(-n3c4ccccc4c4ccccc43)n2)c1. The van der Waals surface area contributed by atoms with E-state index in [1.165, 1.54) is 54.1 Å². The van der Waals surface area contributed by atoms with Crippen LogP contribution in [0.4, 0.5) is 0 Å². The van der Waals surface area contributed by atoms with Crippen LogP contribution in [-0.4, -0.2) is 28.2 Å². The highest BCUT2D eigenvalue weighted by molar-refractivity contribution is 6.13. The van der Waals surface area contributed by atoms with Crippen LogP contribution in [0.15, 0.2) is 218 Å². The van der Waals surface area contributed by atoms with Crippen molar-refractivity contribution in [3.05, 3.63) is 218 Å². The van der Waals surface area contributed by atoms with Crippen molar-refractivity contribution < 1.29 is 0 Å². The van der Waals surface area contributed by atoms with Gasteiger partial charge in [-0.05, 0) is 72.8 Å². The molecule has 0 fully saturated rings. The Hall–Kier alpha value is -8.74. The first-order chi connectivity index (χ1) is 31.8. The number of hydrogen-bond acceptors (Lipinski definition) is 2. The normalized spacial score (nSPS) is 12.1. The molecule has 0 spiro atoms. The molecule has 0 aliphatic carbocycles. The predicted octanol–water partition coefficient (Wildman–Crippen LogP) is 14.5. The van der Waals surface area contributed by atoms with Crippen LogP contribution in [0.25, 0.3) is 122 Å². The molecule has 14 rings (SSSR count). The average molecular weight is 817 g/mol. The second-order valence-electron chi connectivity index (χ2n) is 16.6. The molecule has 0 saturated heterocycles. The van der Waals surface area contributed by atoms with Gasteiger partial charge in [0.15, 0.2) is 5.82 Å². The summed E-state index contributed by atoms with van der Waals surface area (Å²) in [6.45, 7) is 0. The number of aromatic nitrogens is 6. The first-order valence-corrected chi connectivity index (χ1v) is 21.8. The van der Waals surface area contributed by atoms with Crippen molar-refractivity contribution in [2.75, 3.05) is 0 Å². The summed E-state index contributed by atoms with van der Waals surface area (Å²) in [4.78, 5) is 11.1. The maximum absolute atomic E-state index is 5.57. The Morgan fingerprint density at radius 2 is 0.578 bits per heavy atom. The van der Waals surface area contributed by atoms with Crippen molar-refractivity contribution in [3.63, 3.8) is 0 Å². The molecule has 298 valence electrons. The van der Waals surface area contributed by atoms with E-state index in [1.807, 2.05) is 0 Å². The molecule has 0 aliphatic rings. The number of fused-ring (bicyclic) bond motifs is 12. The number of hydrogen-bond donors (Lipinski definition) is 0. The van der Waals surface area contributed by atoms with Crippen LogP contribution in [0.1, 0.15) is 0 Å². The molecular weight excluding hydrogens is 781 g/mol. The van der Waals surface area contributed by atoms with Crippen molar-refractivity contribution in [3.8, 4) is 34.4 Å². The fourth-order valence-electron chi connectivity index (χ4n) is 10.5. The van der Waals surface area contributed by atoms with E-state index in [2.05, 4.69) is 237 Å². The lowest BCUT2D eigenvalue weighted by molar-refractivity contribution is 0.991. The highest BCUT2D eigenvalue weighted by Gasteiger charge is 2.23. The molecule has 0 radical (unpaired) electrons. The van der Waals surface area contributed by atoms with E-state index >= 15 is 0 Å². The smallest absolute Gasteiger partial charge is 0.166 e. The first-order valence-electron chi connectivity index (χ1n) is 21.8. The lowest BCUT2D eigenvalue weighted by Crippen LogP contribution is -2.07. The fourth-order valence-corrected chi connectivity index (χ4v) is 10.5.